The van der Waals surface area contributed by atoms with Crippen LogP contribution in [0.1, 0.15) is 11.4 Å². The molecule has 0 saturated carbocycles. The first-order valence-corrected chi connectivity index (χ1v) is 8.35. The lowest BCUT2D eigenvalue weighted by Crippen LogP contribution is -2.38. The highest BCUT2D eigenvalue weighted by Gasteiger charge is 2.30. The minimum atomic E-state index is -3.51. The number of nitrogens with zero attached hydrogens (tertiary/aromatic N) is 4. The molecule has 0 radical (unpaired) electrons. The van der Waals surface area contributed by atoms with E-state index in [0.717, 1.165) is 10.0 Å². The van der Waals surface area contributed by atoms with E-state index in [1.165, 1.54) is 4.31 Å². The molecule has 0 saturated heterocycles. The van der Waals surface area contributed by atoms with Gasteiger partial charge in [-0.15, -0.1) is 10.2 Å². The molecule has 0 atom stereocenters. The van der Waals surface area contributed by atoms with E-state index in [1.807, 2.05) is 10.6 Å². The van der Waals surface area contributed by atoms with Crippen molar-refractivity contribution >= 4 is 26.0 Å². The van der Waals surface area contributed by atoms with Crippen molar-refractivity contribution in [1.82, 2.24) is 19.1 Å². The van der Waals surface area contributed by atoms with E-state index >= 15 is 0 Å². The summed E-state index contributed by atoms with van der Waals surface area (Å²) in [6.45, 7) is 3.06. The van der Waals surface area contributed by atoms with Crippen molar-refractivity contribution in [2.75, 3.05) is 6.54 Å². The zero-order chi connectivity index (χ0) is 14.3. The van der Waals surface area contributed by atoms with E-state index in [2.05, 4.69) is 26.1 Å². The highest BCUT2D eigenvalue weighted by atomic mass is 79.9. The molecule has 1 aromatic heterocycles. The van der Waals surface area contributed by atoms with Gasteiger partial charge in [-0.25, -0.2) is 8.42 Å². The summed E-state index contributed by atoms with van der Waals surface area (Å²) in [4.78, 5) is 0.333. The van der Waals surface area contributed by atoms with Crippen molar-refractivity contribution in [3.63, 3.8) is 0 Å². The Morgan fingerprint density at radius 3 is 2.90 bits per heavy atom. The number of aryl methyl sites for hydroxylation is 1. The van der Waals surface area contributed by atoms with Gasteiger partial charge in [-0.1, -0.05) is 22.0 Å². The second-order valence-corrected chi connectivity index (χ2v) is 7.51. The molecule has 0 amide bonds. The van der Waals surface area contributed by atoms with Crippen LogP contribution in [-0.4, -0.2) is 34.0 Å². The highest BCUT2D eigenvalue weighted by Crippen LogP contribution is 2.26. The standard InChI is InChI=1S/C12H13BrN4O2S/c1-9-2-3-10(13)6-11(9)20(18,19)17-5-4-16-8-14-15-12(16)7-17/h2-3,6,8H,4-5,7H2,1H3. The Bertz CT molecular complexity index is 757. The summed E-state index contributed by atoms with van der Waals surface area (Å²) in [6, 6.07) is 5.27. The fourth-order valence-electron chi connectivity index (χ4n) is 2.24. The number of rotatable bonds is 2. The van der Waals surface area contributed by atoms with E-state index < -0.39 is 10.0 Å². The molecule has 0 N–H and O–H groups in total. The van der Waals surface area contributed by atoms with E-state index in [-0.39, 0.29) is 6.54 Å². The molecule has 20 heavy (non-hydrogen) atoms. The van der Waals surface area contributed by atoms with Gasteiger partial charge in [0.2, 0.25) is 10.0 Å². The van der Waals surface area contributed by atoms with Gasteiger partial charge in [-0.05, 0) is 24.6 Å². The fourth-order valence-corrected chi connectivity index (χ4v) is 4.39. The molecule has 3 rings (SSSR count). The van der Waals surface area contributed by atoms with Gasteiger partial charge >= 0.3 is 0 Å². The number of hydrogen-bond acceptors (Lipinski definition) is 4. The number of aromatic nitrogens is 3. The Hall–Kier alpha value is -1.25. The average molecular weight is 357 g/mol. The summed E-state index contributed by atoms with van der Waals surface area (Å²) in [5.41, 5.74) is 0.736. The van der Waals surface area contributed by atoms with E-state index in [1.54, 1.807) is 25.4 Å². The van der Waals surface area contributed by atoms with Crippen LogP contribution in [0.2, 0.25) is 0 Å². The predicted molar refractivity (Wildman–Crippen MR) is 76.5 cm³/mol. The number of hydrogen-bond donors (Lipinski definition) is 0. The number of halogens is 1. The molecule has 0 spiro atoms. The highest BCUT2D eigenvalue weighted by molar-refractivity contribution is 9.10. The Kier molecular flexibility index (Phi) is 3.39. The molecular formula is C12H13BrN4O2S. The monoisotopic (exact) mass is 356 g/mol. The van der Waals surface area contributed by atoms with Crippen LogP contribution in [0.4, 0.5) is 0 Å². The molecule has 106 valence electrons. The lowest BCUT2D eigenvalue weighted by Gasteiger charge is -2.27. The van der Waals surface area contributed by atoms with Crippen LogP contribution in [0, 0.1) is 6.92 Å². The Labute approximate surface area is 125 Å². The first kappa shape index (κ1) is 13.7. The average Bonchev–Trinajstić information content (AvgIpc) is 2.88. The number of benzene rings is 1. The van der Waals surface area contributed by atoms with Crippen LogP contribution in [0.5, 0.6) is 0 Å². The molecule has 2 aromatic rings. The fraction of sp³-hybridized carbons (Fsp3) is 0.333. The molecule has 1 aromatic carbocycles. The summed E-state index contributed by atoms with van der Waals surface area (Å²) in [6.07, 6.45) is 1.63. The van der Waals surface area contributed by atoms with Crippen molar-refractivity contribution in [1.29, 1.82) is 0 Å². The van der Waals surface area contributed by atoms with Crippen LogP contribution in [-0.2, 0) is 23.1 Å². The van der Waals surface area contributed by atoms with Crippen LogP contribution in [0.3, 0.4) is 0 Å². The molecular weight excluding hydrogens is 344 g/mol. The predicted octanol–water partition coefficient (Wildman–Crippen LogP) is 1.55. The maximum atomic E-state index is 12.7. The van der Waals surface area contributed by atoms with Gasteiger partial charge < -0.3 is 4.57 Å². The second kappa shape index (κ2) is 4.94. The van der Waals surface area contributed by atoms with Gasteiger partial charge in [0, 0.05) is 17.6 Å². The SMILES string of the molecule is Cc1ccc(Br)cc1S(=O)(=O)N1CCn2cnnc2C1. The smallest absolute Gasteiger partial charge is 0.243 e. The lowest BCUT2D eigenvalue weighted by atomic mass is 10.2. The minimum absolute atomic E-state index is 0.258. The number of sulfonamides is 1. The van der Waals surface area contributed by atoms with Crippen LogP contribution < -0.4 is 0 Å². The maximum Gasteiger partial charge on any atom is 0.243 e. The van der Waals surface area contributed by atoms with Gasteiger partial charge in [-0.3, -0.25) is 0 Å². The summed E-state index contributed by atoms with van der Waals surface area (Å²) < 4.78 is 29.6. The third-order valence-corrected chi connectivity index (χ3v) is 5.85. The van der Waals surface area contributed by atoms with Crippen molar-refractivity contribution in [3.8, 4) is 0 Å². The lowest BCUT2D eigenvalue weighted by molar-refractivity contribution is 0.335. The van der Waals surface area contributed by atoms with Gasteiger partial charge in [0.15, 0.2) is 0 Å². The first-order chi connectivity index (χ1) is 9.48. The number of fused-ring (bicyclic) bond motifs is 1. The summed E-state index contributed by atoms with van der Waals surface area (Å²) in [5.74, 6) is 0.674. The van der Waals surface area contributed by atoms with Crippen molar-refractivity contribution in [2.24, 2.45) is 0 Å². The van der Waals surface area contributed by atoms with Crippen LogP contribution >= 0.6 is 15.9 Å². The molecule has 1 aliphatic heterocycles. The molecule has 0 bridgehead atoms. The van der Waals surface area contributed by atoms with Crippen LogP contribution in [0.15, 0.2) is 33.9 Å². The Morgan fingerprint density at radius 2 is 2.10 bits per heavy atom. The maximum absolute atomic E-state index is 12.7. The molecule has 8 heteroatoms. The quantitative estimate of drug-likeness (QED) is 0.818. The molecule has 0 unspecified atom stereocenters. The summed E-state index contributed by atoms with van der Waals surface area (Å²) in [5, 5.41) is 7.76. The zero-order valence-electron chi connectivity index (χ0n) is 10.8. The minimum Gasteiger partial charge on any atom is -0.315 e. The van der Waals surface area contributed by atoms with E-state index in [0.29, 0.717) is 23.8 Å². The molecule has 2 heterocycles. The second-order valence-electron chi connectivity index (χ2n) is 4.69. The third kappa shape index (κ3) is 2.27. The van der Waals surface area contributed by atoms with Gasteiger partial charge in [-0.2, -0.15) is 4.31 Å². The molecule has 0 aliphatic carbocycles. The zero-order valence-corrected chi connectivity index (χ0v) is 13.2. The largest absolute Gasteiger partial charge is 0.315 e. The van der Waals surface area contributed by atoms with Gasteiger partial charge in [0.05, 0.1) is 11.4 Å². The molecule has 6 nitrogen and oxygen atoms in total. The van der Waals surface area contributed by atoms with Gasteiger partial charge in [0.25, 0.3) is 0 Å². The van der Waals surface area contributed by atoms with Crippen molar-refractivity contribution < 1.29 is 8.42 Å². The van der Waals surface area contributed by atoms with Crippen molar-refractivity contribution in [2.45, 2.75) is 24.9 Å². The van der Waals surface area contributed by atoms with Crippen molar-refractivity contribution in [3.05, 3.63) is 40.4 Å². The molecule has 1 aliphatic rings. The Balaban J connectivity index is 1.99. The van der Waals surface area contributed by atoms with E-state index in [9.17, 15) is 8.42 Å². The Morgan fingerprint density at radius 1 is 1.30 bits per heavy atom. The third-order valence-electron chi connectivity index (χ3n) is 3.37. The summed E-state index contributed by atoms with van der Waals surface area (Å²) in [7, 11) is -3.51. The summed E-state index contributed by atoms with van der Waals surface area (Å²) >= 11 is 3.32. The van der Waals surface area contributed by atoms with Gasteiger partial charge in [0.1, 0.15) is 12.2 Å². The topological polar surface area (TPSA) is 68.1 Å². The van der Waals surface area contributed by atoms with E-state index in [4.69, 9.17) is 0 Å². The van der Waals surface area contributed by atoms with Crippen LogP contribution in [0.25, 0.3) is 0 Å². The first-order valence-electron chi connectivity index (χ1n) is 6.11. The normalized spacial score (nSPS) is 16.1. The molecule has 0 fully saturated rings.